The van der Waals surface area contributed by atoms with Crippen LogP contribution in [0.1, 0.15) is 0 Å². The SMILES string of the molecule is COc1ccc(-c2c(-c3ccc(S(C)(=O)=O)cc3)sc3ccccc3c2=O)c(Cl)c1. The fraction of sp³-hybridized carbons (Fsp3) is 0.0870. The van der Waals surface area contributed by atoms with Crippen LogP contribution < -0.4 is 10.2 Å². The van der Waals surface area contributed by atoms with Crippen LogP contribution in [0.3, 0.4) is 0 Å². The van der Waals surface area contributed by atoms with Crippen molar-refractivity contribution in [1.82, 2.24) is 0 Å². The highest BCUT2D eigenvalue weighted by atomic mass is 35.5. The lowest BCUT2D eigenvalue weighted by Crippen LogP contribution is -2.07. The number of rotatable bonds is 4. The Balaban J connectivity index is 2.04. The topological polar surface area (TPSA) is 60.4 Å². The standard InChI is InChI=1S/C23H17ClO4S2/c1-28-15-9-12-17(19(24)13-15)21-22(25)18-5-3-4-6-20(18)29-23(21)14-7-10-16(11-8-14)30(2,26)27/h3-13H,1-2H3. The van der Waals surface area contributed by atoms with E-state index in [1.165, 1.54) is 17.6 Å². The van der Waals surface area contributed by atoms with Crippen molar-refractivity contribution in [2.24, 2.45) is 0 Å². The van der Waals surface area contributed by atoms with E-state index in [2.05, 4.69) is 0 Å². The first-order chi connectivity index (χ1) is 14.3. The Bertz CT molecular complexity index is 1420. The van der Waals surface area contributed by atoms with Gasteiger partial charge in [0, 0.05) is 32.3 Å². The molecule has 0 fully saturated rings. The molecule has 0 atom stereocenters. The molecule has 7 heteroatoms. The maximum atomic E-state index is 13.5. The summed E-state index contributed by atoms with van der Waals surface area (Å²) in [6.07, 6.45) is 1.17. The molecular formula is C23H17ClO4S2. The van der Waals surface area contributed by atoms with Crippen molar-refractivity contribution >= 4 is 42.9 Å². The van der Waals surface area contributed by atoms with E-state index >= 15 is 0 Å². The Morgan fingerprint density at radius 1 is 0.967 bits per heavy atom. The minimum Gasteiger partial charge on any atom is -0.497 e. The van der Waals surface area contributed by atoms with Crippen molar-refractivity contribution < 1.29 is 13.2 Å². The summed E-state index contributed by atoms with van der Waals surface area (Å²) in [6, 6.07) is 19.2. The highest BCUT2D eigenvalue weighted by molar-refractivity contribution is 7.90. The molecule has 30 heavy (non-hydrogen) atoms. The van der Waals surface area contributed by atoms with Crippen molar-refractivity contribution in [2.45, 2.75) is 4.90 Å². The summed E-state index contributed by atoms with van der Waals surface area (Å²) >= 11 is 7.99. The Kier molecular flexibility index (Phi) is 5.40. The highest BCUT2D eigenvalue weighted by Gasteiger charge is 2.19. The van der Waals surface area contributed by atoms with Gasteiger partial charge >= 0.3 is 0 Å². The molecule has 0 bridgehead atoms. The molecule has 0 aliphatic rings. The summed E-state index contributed by atoms with van der Waals surface area (Å²) in [4.78, 5) is 14.4. The minimum absolute atomic E-state index is 0.126. The van der Waals surface area contributed by atoms with E-state index in [0.29, 0.717) is 27.3 Å². The minimum atomic E-state index is -3.31. The van der Waals surface area contributed by atoms with E-state index in [0.717, 1.165) is 15.1 Å². The van der Waals surface area contributed by atoms with Crippen molar-refractivity contribution in [3.63, 3.8) is 0 Å². The van der Waals surface area contributed by atoms with Crippen LogP contribution in [0.4, 0.5) is 0 Å². The van der Waals surface area contributed by atoms with Gasteiger partial charge in [-0.3, -0.25) is 4.79 Å². The molecule has 0 saturated heterocycles. The second-order valence-corrected chi connectivity index (χ2v) is 10.2. The maximum absolute atomic E-state index is 13.5. The van der Waals surface area contributed by atoms with Crippen LogP contribution in [0.5, 0.6) is 5.75 Å². The molecule has 0 N–H and O–H groups in total. The number of halogens is 1. The van der Waals surface area contributed by atoms with Gasteiger partial charge in [-0.25, -0.2) is 8.42 Å². The van der Waals surface area contributed by atoms with E-state index in [4.69, 9.17) is 16.3 Å². The van der Waals surface area contributed by atoms with Crippen molar-refractivity contribution in [3.8, 4) is 27.3 Å². The Morgan fingerprint density at radius 3 is 2.30 bits per heavy atom. The molecule has 152 valence electrons. The third-order valence-corrected chi connectivity index (χ3v) is 7.45. The molecule has 4 rings (SSSR count). The third-order valence-electron chi connectivity index (χ3n) is 4.79. The molecule has 0 amide bonds. The van der Waals surface area contributed by atoms with Crippen molar-refractivity contribution in [3.05, 3.63) is 82.0 Å². The molecule has 0 spiro atoms. The monoisotopic (exact) mass is 456 g/mol. The van der Waals surface area contributed by atoms with Crippen LogP contribution in [-0.4, -0.2) is 21.8 Å². The lowest BCUT2D eigenvalue weighted by Gasteiger charge is -2.13. The molecule has 4 nitrogen and oxygen atoms in total. The number of ether oxygens (including phenoxy) is 1. The average Bonchev–Trinajstić information content (AvgIpc) is 2.73. The fourth-order valence-corrected chi connectivity index (χ4v) is 5.36. The summed E-state index contributed by atoms with van der Waals surface area (Å²) in [5.74, 6) is 0.597. The van der Waals surface area contributed by atoms with Crippen LogP contribution in [0, 0.1) is 0 Å². The van der Waals surface area contributed by atoms with Crippen LogP contribution in [0.2, 0.25) is 5.02 Å². The quantitative estimate of drug-likeness (QED) is 0.397. The predicted octanol–water partition coefficient (Wildman–Crippen LogP) is 5.66. The largest absolute Gasteiger partial charge is 0.497 e. The predicted molar refractivity (Wildman–Crippen MR) is 124 cm³/mol. The van der Waals surface area contributed by atoms with E-state index in [9.17, 15) is 13.2 Å². The van der Waals surface area contributed by atoms with Gasteiger partial charge in [0.05, 0.1) is 17.0 Å². The molecule has 0 aliphatic carbocycles. The fourth-order valence-electron chi connectivity index (χ4n) is 3.27. The van der Waals surface area contributed by atoms with Crippen LogP contribution in [0.15, 0.2) is 76.4 Å². The average molecular weight is 457 g/mol. The second-order valence-electron chi connectivity index (χ2n) is 6.77. The molecular weight excluding hydrogens is 440 g/mol. The molecule has 1 aromatic heterocycles. The lowest BCUT2D eigenvalue weighted by molar-refractivity contribution is 0.415. The molecule has 0 radical (unpaired) electrons. The van der Waals surface area contributed by atoms with Gasteiger partial charge in [0.2, 0.25) is 0 Å². The zero-order chi connectivity index (χ0) is 21.5. The van der Waals surface area contributed by atoms with Gasteiger partial charge in [0.15, 0.2) is 15.3 Å². The summed E-state index contributed by atoms with van der Waals surface area (Å²) < 4.78 is 29.7. The molecule has 3 aromatic carbocycles. The van der Waals surface area contributed by atoms with E-state index in [1.54, 1.807) is 55.6 Å². The summed E-state index contributed by atoms with van der Waals surface area (Å²) in [5, 5.41) is 1.02. The molecule has 1 heterocycles. The maximum Gasteiger partial charge on any atom is 0.196 e. The first-order valence-corrected chi connectivity index (χ1v) is 12.1. The van der Waals surface area contributed by atoms with Gasteiger partial charge in [0.25, 0.3) is 0 Å². The summed E-state index contributed by atoms with van der Waals surface area (Å²) in [7, 11) is -1.76. The van der Waals surface area contributed by atoms with Crippen molar-refractivity contribution in [2.75, 3.05) is 13.4 Å². The van der Waals surface area contributed by atoms with E-state index < -0.39 is 9.84 Å². The zero-order valence-electron chi connectivity index (χ0n) is 16.2. The number of hydrogen-bond acceptors (Lipinski definition) is 5. The number of sulfone groups is 1. The Morgan fingerprint density at radius 2 is 1.67 bits per heavy atom. The highest BCUT2D eigenvalue weighted by Crippen LogP contribution is 2.40. The van der Waals surface area contributed by atoms with Gasteiger partial charge in [-0.15, -0.1) is 11.3 Å². The van der Waals surface area contributed by atoms with E-state index in [1.807, 2.05) is 18.2 Å². The van der Waals surface area contributed by atoms with Crippen molar-refractivity contribution in [1.29, 1.82) is 0 Å². The molecule has 4 aromatic rings. The number of methoxy groups -OCH3 is 1. The van der Waals surface area contributed by atoms with Crippen LogP contribution in [-0.2, 0) is 9.84 Å². The normalized spacial score (nSPS) is 11.6. The number of fused-ring (bicyclic) bond motifs is 1. The van der Waals surface area contributed by atoms with E-state index in [-0.39, 0.29) is 10.3 Å². The van der Waals surface area contributed by atoms with Gasteiger partial charge in [0.1, 0.15) is 5.75 Å². The van der Waals surface area contributed by atoms with Gasteiger partial charge in [-0.1, -0.05) is 35.9 Å². The molecule has 0 unspecified atom stereocenters. The molecule has 0 aliphatic heterocycles. The second kappa shape index (κ2) is 7.87. The Hall–Kier alpha value is -2.67. The Labute approximate surface area is 183 Å². The van der Waals surface area contributed by atoms with Crippen LogP contribution in [0.25, 0.3) is 31.7 Å². The van der Waals surface area contributed by atoms with Crippen LogP contribution >= 0.6 is 22.9 Å². The van der Waals surface area contributed by atoms with Gasteiger partial charge in [-0.2, -0.15) is 0 Å². The summed E-state index contributed by atoms with van der Waals surface area (Å²) in [6.45, 7) is 0. The lowest BCUT2D eigenvalue weighted by atomic mass is 10.00. The van der Waals surface area contributed by atoms with Gasteiger partial charge < -0.3 is 4.74 Å². The summed E-state index contributed by atoms with van der Waals surface area (Å²) in [5.41, 5.74) is 1.71. The molecule has 0 saturated carbocycles. The number of benzene rings is 3. The first kappa shape index (κ1) is 20.6. The smallest absolute Gasteiger partial charge is 0.196 e. The third kappa shape index (κ3) is 3.74. The van der Waals surface area contributed by atoms with Gasteiger partial charge in [-0.05, 0) is 48.0 Å². The number of hydrogen-bond donors (Lipinski definition) is 0. The first-order valence-electron chi connectivity index (χ1n) is 9.00. The zero-order valence-corrected chi connectivity index (χ0v) is 18.6.